The van der Waals surface area contributed by atoms with Crippen LogP contribution in [0.25, 0.3) is 0 Å². The SMILES string of the molecule is CNc1cc(OC2CCC(NC(=O)Nc3cc(OC(F)(F)F)ccc3OC)CC2)ncn1. The van der Waals surface area contributed by atoms with E-state index in [4.69, 9.17) is 9.47 Å². The summed E-state index contributed by atoms with van der Waals surface area (Å²) in [4.78, 5) is 20.5. The van der Waals surface area contributed by atoms with Gasteiger partial charge in [0.2, 0.25) is 5.88 Å². The Labute approximate surface area is 182 Å². The van der Waals surface area contributed by atoms with Gasteiger partial charge in [-0.15, -0.1) is 13.2 Å². The number of aromatic nitrogens is 2. The van der Waals surface area contributed by atoms with Gasteiger partial charge in [-0.2, -0.15) is 0 Å². The Morgan fingerprint density at radius 2 is 1.88 bits per heavy atom. The molecule has 0 spiro atoms. The topological polar surface area (TPSA) is 107 Å². The highest BCUT2D eigenvalue weighted by Crippen LogP contribution is 2.32. The molecule has 0 bridgehead atoms. The van der Waals surface area contributed by atoms with E-state index in [2.05, 4.69) is 30.7 Å². The van der Waals surface area contributed by atoms with Crippen LogP contribution in [0.4, 0.5) is 29.5 Å². The van der Waals surface area contributed by atoms with E-state index in [0.29, 0.717) is 37.4 Å². The van der Waals surface area contributed by atoms with Crippen molar-refractivity contribution >= 4 is 17.5 Å². The highest BCUT2D eigenvalue weighted by molar-refractivity contribution is 5.91. The minimum absolute atomic E-state index is 0.0352. The summed E-state index contributed by atoms with van der Waals surface area (Å²) in [5.41, 5.74) is 0.0628. The molecule has 1 saturated carbocycles. The third-order valence-electron chi connectivity index (χ3n) is 4.85. The molecule has 0 aliphatic heterocycles. The van der Waals surface area contributed by atoms with Crippen molar-refractivity contribution < 1.29 is 32.2 Å². The Morgan fingerprint density at radius 1 is 1.12 bits per heavy atom. The number of rotatable bonds is 7. The van der Waals surface area contributed by atoms with E-state index in [-0.39, 0.29) is 23.6 Å². The van der Waals surface area contributed by atoms with Gasteiger partial charge in [0.1, 0.15) is 29.7 Å². The van der Waals surface area contributed by atoms with E-state index in [9.17, 15) is 18.0 Å². The van der Waals surface area contributed by atoms with Crippen LogP contribution in [0.2, 0.25) is 0 Å². The normalized spacial score (nSPS) is 18.4. The summed E-state index contributed by atoms with van der Waals surface area (Å²) < 4.78 is 52.3. The van der Waals surface area contributed by atoms with E-state index < -0.39 is 18.1 Å². The number of hydrogen-bond donors (Lipinski definition) is 3. The van der Waals surface area contributed by atoms with Crippen LogP contribution in [-0.2, 0) is 0 Å². The molecule has 32 heavy (non-hydrogen) atoms. The van der Waals surface area contributed by atoms with Crippen molar-refractivity contribution in [3.63, 3.8) is 0 Å². The second kappa shape index (κ2) is 10.2. The molecule has 1 aromatic heterocycles. The van der Waals surface area contributed by atoms with Crippen LogP contribution in [0.3, 0.4) is 0 Å². The smallest absolute Gasteiger partial charge is 0.495 e. The van der Waals surface area contributed by atoms with Gasteiger partial charge in [0.05, 0.1) is 12.8 Å². The fourth-order valence-electron chi connectivity index (χ4n) is 3.36. The van der Waals surface area contributed by atoms with Gasteiger partial charge < -0.3 is 30.2 Å². The van der Waals surface area contributed by atoms with Gasteiger partial charge in [0.25, 0.3) is 0 Å². The van der Waals surface area contributed by atoms with Crippen LogP contribution in [0, 0.1) is 0 Å². The number of anilines is 2. The molecule has 2 amide bonds. The summed E-state index contributed by atoms with van der Waals surface area (Å²) >= 11 is 0. The van der Waals surface area contributed by atoms with Gasteiger partial charge in [0, 0.05) is 25.2 Å². The number of nitrogens with one attached hydrogen (secondary N) is 3. The largest absolute Gasteiger partial charge is 0.573 e. The van der Waals surface area contributed by atoms with Crippen LogP contribution in [0.1, 0.15) is 25.7 Å². The standard InChI is InChI=1S/C20H24F3N5O4/c1-24-17-10-18(26-11-25-17)31-13-5-3-12(4-6-13)27-19(29)28-15-9-14(32-20(21,22)23)7-8-16(15)30-2/h7-13H,3-6H2,1-2H3,(H,24,25,26)(H2,27,28,29). The van der Waals surface area contributed by atoms with Crippen molar-refractivity contribution in [1.82, 2.24) is 15.3 Å². The van der Waals surface area contributed by atoms with Crippen molar-refractivity contribution in [1.29, 1.82) is 0 Å². The summed E-state index contributed by atoms with van der Waals surface area (Å²) in [6, 6.07) is 4.50. The monoisotopic (exact) mass is 455 g/mol. The molecule has 0 unspecified atom stereocenters. The van der Waals surface area contributed by atoms with Crippen molar-refractivity contribution in [2.45, 2.75) is 44.2 Å². The number of halogens is 3. The zero-order chi connectivity index (χ0) is 23.1. The first-order valence-electron chi connectivity index (χ1n) is 9.93. The molecular formula is C20H24F3N5O4. The fraction of sp³-hybridized carbons (Fsp3) is 0.450. The number of alkyl halides is 3. The number of hydrogen-bond acceptors (Lipinski definition) is 7. The Hall–Kier alpha value is -3.44. The maximum atomic E-state index is 12.5. The minimum Gasteiger partial charge on any atom is -0.495 e. The average Bonchev–Trinajstić information content (AvgIpc) is 2.74. The second-order valence-corrected chi connectivity index (χ2v) is 7.09. The summed E-state index contributed by atoms with van der Waals surface area (Å²) in [7, 11) is 3.10. The summed E-state index contributed by atoms with van der Waals surface area (Å²) in [6.45, 7) is 0. The molecule has 0 saturated heterocycles. The maximum absolute atomic E-state index is 12.5. The van der Waals surface area contributed by atoms with Gasteiger partial charge >= 0.3 is 12.4 Å². The maximum Gasteiger partial charge on any atom is 0.573 e. The lowest BCUT2D eigenvalue weighted by atomic mass is 9.93. The fourth-order valence-corrected chi connectivity index (χ4v) is 3.36. The Kier molecular flexibility index (Phi) is 7.44. The number of methoxy groups -OCH3 is 1. The average molecular weight is 455 g/mol. The van der Waals surface area contributed by atoms with Crippen LogP contribution < -0.4 is 30.2 Å². The number of amides is 2. The molecule has 0 atom stereocenters. The molecular weight excluding hydrogens is 431 g/mol. The molecule has 2 aromatic rings. The highest BCUT2D eigenvalue weighted by Gasteiger charge is 2.31. The molecule has 12 heteroatoms. The van der Waals surface area contributed by atoms with Crippen molar-refractivity contribution in [3.05, 3.63) is 30.6 Å². The quantitative estimate of drug-likeness (QED) is 0.581. The first kappa shape index (κ1) is 23.2. The van der Waals surface area contributed by atoms with Gasteiger partial charge in [-0.25, -0.2) is 14.8 Å². The molecule has 1 aliphatic carbocycles. The van der Waals surface area contributed by atoms with E-state index in [1.165, 1.54) is 19.5 Å². The van der Waals surface area contributed by atoms with Gasteiger partial charge in [0.15, 0.2) is 0 Å². The molecule has 1 aliphatic rings. The van der Waals surface area contributed by atoms with Crippen LogP contribution in [-0.4, -0.2) is 48.7 Å². The van der Waals surface area contributed by atoms with Gasteiger partial charge in [-0.1, -0.05) is 0 Å². The van der Waals surface area contributed by atoms with Gasteiger partial charge in [-0.05, 0) is 37.8 Å². The molecule has 3 N–H and O–H groups in total. The number of carbonyl (C=O) groups is 1. The van der Waals surface area contributed by atoms with E-state index >= 15 is 0 Å². The number of ether oxygens (including phenoxy) is 3. The predicted octanol–water partition coefficient (Wildman–Crippen LogP) is 3.94. The molecule has 1 heterocycles. The van der Waals surface area contributed by atoms with E-state index in [1.807, 2.05) is 0 Å². The highest BCUT2D eigenvalue weighted by atomic mass is 19.4. The lowest BCUT2D eigenvalue weighted by Crippen LogP contribution is -2.41. The predicted molar refractivity (Wildman–Crippen MR) is 110 cm³/mol. The van der Waals surface area contributed by atoms with Crippen LogP contribution in [0.15, 0.2) is 30.6 Å². The lowest BCUT2D eigenvalue weighted by molar-refractivity contribution is -0.274. The number of carbonyl (C=O) groups excluding carboxylic acids is 1. The molecule has 174 valence electrons. The third kappa shape index (κ3) is 6.79. The van der Waals surface area contributed by atoms with Crippen LogP contribution in [0.5, 0.6) is 17.4 Å². The van der Waals surface area contributed by atoms with Crippen LogP contribution >= 0.6 is 0 Å². The van der Waals surface area contributed by atoms with E-state index in [0.717, 1.165) is 12.1 Å². The Morgan fingerprint density at radius 3 is 2.53 bits per heavy atom. The molecule has 1 fully saturated rings. The molecule has 3 rings (SSSR count). The Bertz CT molecular complexity index is 920. The zero-order valence-electron chi connectivity index (χ0n) is 17.5. The Balaban J connectivity index is 1.51. The van der Waals surface area contributed by atoms with Crippen molar-refractivity contribution in [2.75, 3.05) is 24.8 Å². The molecule has 1 aromatic carbocycles. The summed E-state index contributed by atoms with van der Waals surface area (Å²) in [6.07, 6.45) is -0.680. The minimum atomic E-state index is -4.84. The van der Waals surface area contributed by atoms with E-state index in [1.54, 1.807) is 13.1 Å². The number of nitrogens with zero attached hydrogens (tertiary/aromatic N) is 2. The zero-order valence-corrected chi connectivity index (χ0v) is 17.5. The second-order valence-electron chi connectivity index (χ2n) is 7.09. The van der Waals surface area contributed by atoms with Crippen molar-refractivity contribution in [3.8, 4) is 17.4 Å². The summed E-state index contributed by atoms with van der Waals surface area (Å²) in [5, 5.41) is 8.27. The summed E-state index contributed by atoms with van der Waals surface area (Å²) in [5.74, 6) is 0.878. The third-order valence-corrected chi connectivity index (χ3v) is 4.85. The first-order valence-corrected chi connectivity index (χ1v) is 9.93. The number of benzene rings is 1. The number of urea groups is 1. The molecule has 0 radical (unpaired) electrons. The van der Waals surface area contributed by atoms with Gasteiger partial charge in [-0.3, -0.25) is 0 Å². The lowest BCUT2D eigenvalue weighted by Gasteiger charge is -2.29. The van der Waals surface area contributed by atoms with Crippen molar-refractivity contribution in [2.24, 2.45) is 0 Å². The first-order chi connectivity index (χ1) is 15.3. The molecule has 9 nitrogen and oxygen atoms in total.